The summed E-state index contributed by atoms with van der Waals surface area (Å²) in [6.07, 6.45) is 0. The van der Waals surface area contributed by atoms with Crippen LogP contribution in [0.3, 0.4) is 0 Å². The second-order valence-electron chi connectivity index (χ2n) is 5.64. The van der Waals surface area contributed by atoms with Crippen LogP contribution in [0, 0.1) is 0 Å². The lowest BCUT2D eigenvalue weighted by molar-refractivity contribution is 0.240. The molecule has 0 rings (SSSR count). The van der Waals surface area contributed by atoms with Crippen molar-refractivity contribution in [2.75, 3.05) is 6.61 Å². The Morgan fingerprint density at radius 3 is 1.65 bits per heavy atom. The van der Waals surface area contributed by atoms with Gasteiger partial charge >= 0.3 is 17.1 Å². The predicted molar refractivity (Wildman–Crippen MR) is 81.3 cm³/mol. The number of hydrogen-bond donors (Lipinski definition) is 0. The Morgan fingerprint density at radius 1 is 0.765 bits per heavy atom. The SMILES string of the molecule is CCO[Si](C)(C)O[Si](C)(CC)O[Si](C)(C)CC. The fourth-order valence-electron chi connectivity index (χ4n) is 1.72. The van der Waals surface area contributed by atoms with E-state index in [0.717, 1.165) is 18.7 Å². The third-order valence-electron chi connectivity index (χ3n) is 2.94. The predicted octanol–water partition coefficient (Wildman–Crippen LogP) is 4.07. The van der Waals surface area contributed by atoms with Crippen molar-refractivity contribution in [1.82, 2.24) is 0 Å². The van der Waals surface area contributed by atoms with E-state index in [1.165, 1.54) is 0 Å². The zero-order chi connectivity index (χ0) is 13.7. The van der Waals surface area contributed by atoms with Gasteiger partial charge in [-0.2, -0.15) is 0 Å². The molecule has 0 aliphatic carbocycles. The van der Waals surface area contributed by atoms with Gasteiger partial charge in [0, 0.05) is 6.61 Å². The van der Waals surface area contributed by atoms with Gasteiger partial charge in [-0.1, -0.05) is 13.8 Å². The van der Waals surface area contributed by atoms with Crippen LogP contribution < -0.4 is 0 Å². The van der Waals surface area contributed by atoms with Crippen molar-refractivity contribution in [3.63, 3.8) is 0 Å². The zero-order valence-electron chi connectivity index (χ0n) is 12.8. The van der Waals surface area contributed by atoms with E-state index >= 15 is 0 Å². The molecule has 6 heteroatoms. The molecule has 0 spiro atoms. The molecule has 0 radical (unpaired) electrons. The lowest BCUT2D eigenvalue weighted by Gasteiger charge is -2.39. The van der Waals surface area contributed by atoms with Gasteiger partial charge in [0.15, 0.2) is 8.32 Å². The van der Waals surface area contributed by atoms with Crippen LogP contribution in [0.25, 0.3) is 0 Å². The van der Waals surface area contributed by atoms with E-state index in [-0.39, 0.29) is 0 Å². The summed E-state index contributed by atoms with van der Waals surface area (Å²) in [5.74, 6) is 0. The van der Waals surface area contributed by atoms with Gasteiger partial charge in [-0.3, -0.25) is 0 Å². The number of rotatable bonds is 8. The van der Waals surface area contributed by atoms with Gasteiger partial charge in [-0.25, -0.2) is 0 Å². The van der Waals surface area contributed by atoms with Crippen molar-refractivity contribution >= 4 is 25.4 Å². The quantitative estimate of drug-likeness (QED) is 0.631. The first-order valence-corrected chi connectivity index (χ1v) is 15.1. The summed E-state index contributed by atoms with van der Waals surface area (Å²) in [4.78, 5) is 0. The maximum atomic E-state index is 6.42. The van der Waals surface area contributed by atoms with E-state index < -0.39 is 25.4 Å². The Balaban J connectivity index is 4.68. The van der Waals surface area contributed by atoms with Crippen molar-refractivity contribution in [3.05, 3.63) is 0 Å². The molecule has 0 saturated heterocycles. The average Bonchev–Trinajstić information content (AvgIpc) is 2.15. The smallest absolute Gasteiger partial charge is 0.322 e. The highest BCUT2D eigenvalue weighted by Gasteiger charge is 2.42. The van der Waals surface area contributed by atoms with Crippen molar-refractivity contribution in [3.8, 4) is 0 Å². The summed E-state index contributed by atoms with van der Waals surface area (Å²) in [5.41, 5.74) is 0. The van der Waals surface area contributed by atoms with E-state index in [2.05, 4.69) is 46.6 Å². The Morgan fingerprint density at radius 2 is 1.29 bits per heavy atom. The van der Waals surface area contributed by atoms with Gasteiger partial charge in [0.05, 0.1) is 0 Å². The largest absolute Gasteiger partial charge is 0.436 e. The van der Waals surface area contributed by atoms with Crippen LogP contribution >= 0.6 is 0 Å². The van der Waals surface area contributed by atoms with Crippen LogP contribution in [0.1, 0.15) is 20.8 Å². The van der Waals surface area contributed by atoms with Crippen molar-refractivity contribution in [1.29, 1.82) is 0 Å². The standard InChI is InChI=1S/C11H30O3Si3/c1-9-12-16(6,7)14-17(8,11-3)13-15(4,5)10-2/h9-11H2,1-8H3. The first-order valence-electron chi connectivity index (χ1n) is 6.64. The fraction of sp³-hybridized carbons (Fsp3) is 1.00. The van der Waals surface area contributed by atoms with E-state index in [0.29, 0.717) is 0 Å². The van der Waals surface area contributed by atoms with E-state index in [9.17, 15) is 0 Å². The molecule has 1 unspecified atom stereocenters. The highest BCUT2D eigenvalue weighted by molar-refractivity contribution is 6.86. The third kappa shape index (κ3) is 6.88. The molecular formula is C11H30O3Si3. The van der Waals surface area contributed by atoms with Crippen LogP contribution in [0.5, 0.6) is 0 Å². The second-order valence-corrected chi connectivity index (χ2v) is 17.6. The zero-order valence-corrected chi connectivity index (χ0v) is 15.8. The van der Waals surface area contributed by atoms with Crippen LogP contribution in [0.15, 0.2) is 0 Å². The maximum absolute atomic E-state index is 6.42. The Hall–Kier alpha value is 0.531. The molecule has 0 amide bonds. The second kappa shape index (κ2) is 6.63. The highest BCUT2D eigenvalue weighted by Crippen LogP contribution is 2.25. The first kappa shape index (κ1) is 17.5. The summed E-state index contributed by atoms with van der Waals surface area (Å²) < 4.78 is 18.5. The minimum Gasteiger partial charge on any atom is -0.436 e. The normalized spacial score (nSPS) is 16.9. The van der Waals surface area contributed by atoms with Crippen LogP contribution in [0.4, 0.5) is 0 Å². The summed E-state index contributed by atoms with van der Waals surface area (Å²) in [6.45, 7) is 18.1. The molecule has 0 aliphatic heterocycles. The van der Waals surface area contributed by atoms with Gasteiger partial charge in [0.2, 0.25) is 0 Å². The third-order valence-corrected chi connectivity index (χ3v) is 14.5. The summed E-state index contributed by atoms with van der Waals surface area (Å²) in [6, 6.07) is 2.13. The topological polar surface area (TPSA) is 27.7 Å². The average molecular weight is 295 g/mol. The van der Waals surface area contributed by atoms with Gasteiger partial charge in [-0.05, 0) is 51.7 Å². The lowest BCUT2D eigenvalue weighted by Crippen LogP contribution is -2.54. The van der Waals surface area contributed by atoms with E-state index in [1.807, 2.05) is 6.92 Å². The van der Waals surface area contributed by atoms with Gasteiger partial charge in [-0.15, -0.1) is 0 Å². The van der Waals surface area contributed by atoms with E-state index in [1.54, 1.807) is 0 Å². The van der Waals surface area contributed by atoms with Crippen molar-refractivity contribution < 1.29 is 12.7 Å². The van der Waals surface area contributed by atoms with Gasteiger partial charge in [0.25, 0.3) is 0 Å². The molecule has 0 bridgehead atoms. The molecule has 0 aliphatic rings. The van der Waals surface area contributed by atoms with Gasteiger partial charge < -0.3 is 12.7 Å². The number of hydrogen-bond acceptors (Lipinski definition) is 3. The monoisotopic (exact) mass is 294 g/mol. The molecule has 0 fully saturated rings. The Bertz CT molecular complexity index is 234. The molecule has 17 heavy (non-hydrogen) atoms. The summed E-state index contributed by atoms with van der Waals surface area (Å²) in [7, 11) is -5.62. The first-order chi connectivity index (χ1) is 7.60. The maximum Gasteiger partial charge on any atom is 0.322 e. The molecule has 3 nitrogen and oxygen atoms in total. The molecule has 0 aromatic rings. The molecule has 0 N–H and O–H groups in total. The lowest BCUT2D eigenvalue weighted by atomic mass is 10.9. The van der Waals surface area contributed by atoms with Crippen LogP contribution in [-0.4, -0.2) is 32.0 Å². The van der Waals surface area contributed by atoms with E-state index in [4.69, 9.17) is 12.7 Å². The summed E-state index contributed by atoms with van der Waals surface area (Å²) in [5, 5.41) is 0. The molecule has 104 valence electrons. The Kier molecular flexibility index (Phi) is 6.83. The highest BCUT2D eigenvalue weighted by atomic mass is 28.5. The molecule has 0 heterocycles. The molecule has 0 aromatic heterocycles. The van der Waals surface area contributed by atoms with Gasteiger partial charge in [0.1, 0.15) is 0 Å². The van der Waals surface area contributed by atoms with Crippen LogP contribution in [0.2, 0.25) is 44.8 Å². The molecule has 1 atom stereocenters. The molecule has 0 aromatic carbocycles. The van der Waals surface area contributed by atoms with Crippen molar-refractivity contribution in [2.45, 2.75) is 65.6 Å². The fourth-order valence-corrected chi connectivity index (χ4v) is 13.8. The molecular weight excluding hydrogens is 264 g/mol. The van der Waals surface area contributed by atoms with Crippen LogP contribution in [-0.2, 0) is 12.7 Å². The molecule has 0 saturated carbocycles. The van der Waals surface area contributed by atoms with Crippen molar-refractivity contribution in [2.24, 2.45) is 0 Å². The minimum absolute atomic E-state index is 0.724. The minimum atomic E-state index is -2.05. The summed E-state index contributed by atoms with van der Waals surface area (Å²) >= 11 is 0. The Labute approximate surface area is 110 Å².